The van der Waals surface area contributed by atoms with Crippen molar-refractivity contribution in [3.05, 3.63) is 28.5 Å². The summed E-state index contributed by atoms with van der Waals surface area (Å²) in [4.78, 5) is 4.37. The fourth-order valence-corrected chi connectivity index (χ4v) is 1.89. The highest BCUT2D eigenvalue weighted by Crippen LogP contribution is 2.17. The van der Waals surface area contributed by atoms with Crippen LogP contribution in [0.1, 0.15) is 5.56 Å². The minimum Gasteiger partial charge on any atom is -0.389 e. The molecule has 72 valence electrons. The van der Waals surface area contributed by atoms with E-state index in [1.54, 1.807) is 22.5 Å². The molecule has 2 N–H and O–H groups in total. The number of aromatic nitrogens is 3. The zero-order valence-electron chi connectivity index (χ0n) is 6.85. The maximum atomic E-state index is 5.69. The minimum absolute atomic E-state index is 0.318. The van der Waals surface area contributed by atoms with Gasteiger partial charge < -0.3 is 5.73 Å². The number of hydrogen-bond acceptors (Lipinski definition) is 4. The molecular formula is C7H5ClN4S2. The summed E-state index contributed by atoms with van der Waals surface area (Å²) in [5.41, 5.74) is 6.16. The molecule has 2 heterocycles. The molecule has 2 aromatic rings. The van der Waals surface area contributed by atoms with Gasteiger partial charge in [-0.25, -0.2) is 9.67 Å². The molecular weight excluding hydrogens is 240 g/mol. The van der Waals surface area contributed by atoms with Gasteiger partial charge in [-0.3, -0.25) is 0 Å². The van der Waals surface area contributed by atoms with Crippen molar-refractivity contribution >= 4 is 40.1 Å². The fourth-order valence-electron chi connectivity index (χ4n) is 0.905. The number of nitrogens with zero attached hydrogens (tertiary/aromatic N) is 3. The van der Waals surface area contributed by atoms with Crippen LogP contribution in [0.3, 0.4) is 0 Å². The first kappa shape index (κ1) is 9.57. The molecule has 0 aliphatic carbocycles. The van der Waals surface area contributed by atoms with Crippen LogP contribution in [0.25, 0.3) is 5.13 Å². The lowest BCUT2D eigenvalue weighted by atomic mass is 10.4. The molecule has 0 aliphatic rings. The summed E-state index contributed by atoms with van der Waals surface area (Å²) in [7, 11) is 0. The molecule has 0 saturated heterocycles. The monoisotopic (exact) mass is 244 g/mol. The molecule has 2 aromatic heterocycles. The van der Waals surface area contributed by atoms with Crippen LogP contribution in [-0.2, 0) is 0 Å². The maximum absolute atomic E-state index is 5.69. The van der Waals surface area contributed by atoms with Gasteiger partial charge in [-0.05, 0) is 0 Å². The van der Waals surface area contributed by atoms with E-state index in [1.807, 2.05) is 0 Å². The fraction of sp³-hybridized carbons (Fsp3) is 0. The molecule has 0 aliphatic heterocycles. The Morgan fingerprint density at radius 1 is 1.64 bits per heavy atom. The lowest BCUT2D eigenvalue weighted by Crippen LogP contribution is -2.07. The predicted octanol–water partition coefficient (Wildman–Crippen LogP) is 1.62. The highest BCUT2D eigenvalue weighted by atomic mass is 35.5. The Morgan fingerprint density at radius 2 is 2.43 bits per heavy atom. The van der Waals surface area contributed by atoms with Gasteiger partial charge in [0.15, 0.2) is 0 Å². The standard InChI is InChI=1S/C7H5ClN4S2/c8-5-3-14-7(11-5)12-2-4(1-10-12)6(9)13/h1-3H,(H2,9,13). The molecule has 0 aromatic carbocycles. The topological polar surface area (TPSA) is 56.7 Å². The second-order valence-corrected chi connectivity index (χ2v) is 4.15. The lowest BCUT2D eigenvalue weighted by Gasteiger charge is -1.91. The number of thiazole rings is 1. The third-order valence-corrected chi connectivity index (χ3v) is 2.92. The second kappa shape index (κ2) is 3.64. The first-order chi connectivity index (χ1) is 6.66. The summed E-state index contributed by atoms with van der Waals surface area (Å²) < 4.78 is 1.59. The Morgan fingerprint density at radius 3 is 2.93 bits per heavy atom. The van der Waals surface area contributed by atoms with Crippen molar-refractivity contribution in [3.63, 3.8) is 0 Å². The van der Waals surface area contributed by atoms with E-state index < -0.39 is 0 Å². The zero-order chi connectivity index (χ0) is 10.1. The molecule has 0 saturated carbocycles. The molecule has 0 unspecified atom stereocenters. The summed E-state index contributed by atoms with van der Waals surface area (Å²) in [6.07, 6.45) is 3.31. The van der Waals surface area contributed by atoms with Crippen LogP contribution in [0, 0.1) is 0 Å². The van der Waals surface area contributed by atoms with Crippen molar-refractivity contribution in [2.24, 2.45) is 5.73 Å². The van der Waals surface area contributed by atoms with E-state index in [-0.39, 0.29) is 0 Å². The average Bonchev–Trinajstić information content (AvgIpc) is 2.70. The van der Waals surface area contributed by atoms with Gasteiger partial charge in [0.25, 0.3) is 0 Å². The second-order valence-electron chi connectivity index (χ2n) is 2.49. The third kappa shape index (κ3) is 1.77. The zero-order valence-corrected chi connectivity index (χ0v) is 9.23. The van der Waals surface area contributed by atoms with E-state index in [4.69, 9.17) is 29.6 Å². The first-order valence-electron chi connectivity index (χ1n) is 3.62. The maximum Gasteiger partial charge on any atom is 0.211 e. The molecule has 0 fully saturated rings. The van der Waals surface area contributed by atoms with Crippen LogP contribution in [-0.4, -0.2) is 19.8 Å². The van der Waals surface area contributed by atoms with Gasteiger partial charge in [-0.2, -0.15) is 5.10 Å². The van der Waals surface area contributed by atoms with E-state index in [9.17, 15) is 0 Å². The molecule has 0 atom stereocenters. The van der Waals surface area contributed by atoms with Crippen LogP contribution >= 0.6 is 35.2 Å². The van der Waals surface area contributed by atoms with Gasteiger partial charge in [0.2, 0.25) is 5.13 Å². The van der Waals surface area contributed by atoms with Crippen molar-refractivity contribution in [2.75, 3.05) is 0 Å². The van der Waals surface area contributed by atoms with Crippen LogP contribution < -0.4 is 5.73 Å². The Bertz CT molecular complexity index is 475. The SMILES string of the molecule is NC(=S)c1cnn(-c2nc(Cl)cs2)c1. The number of hydrogen-bond donors (Lipinski definition) is 1. The summed E-state index contributed by atoms with van der Waals surface area (Å²) in [6.45, 7) is 0. The Hall–Kier alpha value is -0.980. The molecule has 2 rings (SSSR count). The highest BCUT2D eigenvalue weighted by Gasteiger charge is 2.05. The Kier molecular flexibility index (Phi) is 2.49. The van der Waals surface area contributed by atoms with Crippen LogP contribution in [0.5, 0.6) is 0 Å². The molecule has 0 bridgehead atoms. The summed E-state index contributed by atoms with van der Waals surface area (Å²) >= 11 is 11.9. The molecule has 14 heavy (non-hydrogen) atoms. The van der Waals surface area contributed by atoms with E-state index >= 15 is 0 Å². The van der Waals surface area contributed by atoms with E-state index in [2.05, 4.69) is 10.1 Å². The molecule has 4 nitrogen and oxygen atoms in total. The van der Waals surface area contributed by atoms with Gasteiger partial charge in [0.1, 0.15) is 10.1 Å². The first-order valence-corrected chi connectivity index (χ1v) is 5.29. The predicted molar refractivity (Wildman–Crippen MR) is 60.1 cm³/mol. The smallest absolute Gasteiger partial charge is 0.211 e. The van der Waals surface area contributed by atoms with E-state index in [0.717, 1.165) is 0 Å². The highest BCUT2D eigenvalue weighted by molar-refractivity contribution is 7.80. The number of thiocarbonyl (C=S) groups is 1. The van der Waals surface area contributed by atoms with Crippen molar-refractivity contribution in [1.29, 1.82) is 0 Å². The van der Waals surface area contributed by atoms with Crippen molar-refractivity contribution in [3.8, 4) is 5.13 Å². The van der Waals surface area contributed by atoms with E-state index in [1.165, 1.54) is 11.3 Å². The van der Waals surface area contributed by atoms with Gasteiger partial charge in [-0.15, -0.1) is 11.3 Å². The van der Waals surface area contributed by atoms with Gasteiger partial charge >= 0.3 is 0 Å². The Labute approximate surface area is 94.3 Å². The largest absolute Gasteiger partial charge is 0.389 e. The molecule has 7 heteroatoms. The lowest BCUT2D eigenvalue weighted by molar-refractivity contribution is 0.869. The van der Waals surface area contributed by atoms with Crippen LogP contribution in [0.2, 0.25) is 5.15 Å². The Balaban J connectivity index is 2.38. The molecule has 0 amide bonds. The number of nitrogens with two attached hydrogens (primary N) is 1. The molecule has 0 spiro atoms. The molecule has 0 radical (unpaired) electrons. The van der Waals surface area contributed by atoms with Crippen LogP contribution in [0.4, 0.5) is 0 Å². The number of halogens is 1. The van der Waals surface area contributed by atoms with E-state index in [0.29, 0.717) is 20.8 Å². The van der Waals surface area contributed by atoms with Crippen molar-refractivity contribution in [2.45, 2.75) is 0 Å². The quantitative estimate of drug-likeness (QED) is 0.816. The van der Waals surface area contributed by atoms with Crippen molar-refractivity contribution < 1.29 is 0 Å². The van der Waals surface area contributed by atoms with Gasteiger partial charge in [0.05, 0.1) is 6.20 Å². The van der Waals surface area contributed by atoms with Gasteiger partial charge in [0, 0.05) is 17.1 Å². The number of rotatable bonds is 2. The summed E-state index contributed by atoms with van der Waals surface area (Å²) in [5.74, 6) is 0. The summed E-state index contributed by atoms with van der Waals surface area (Å²) in [6, 6.07) is 0. The van der Waals surface area contributed by atoms with Gasteiger partial charge in [-0.1, -0.05) is 23.8 Å². The summed E-state index contributed by atoms with van der Waals surface area (Å²) in [5, 5.41) is 6.94. The average molecular weight is 245 g/mol. The van der Waals surface area contributed by atoms with Crippen LogP contribution in [0.15, 0.2) is 17.8 Å². The minimum atomic E-state index is 0.318. The third-order valence-electron chi connectivity index (χ3n) is 1.53. The normalized spacial score (nSPS) is 10.4. The van der Waals surface area contributed by atoms with Crippen molar-refractivity contribution in [1.82, 2.24) is 14.8 Å².